The Balaban J connectivity index is 2.34. The highest BCUT2D eigenvalue weighted by Gasteiger charge is 2.26. The van der Waals surface area contributed by atoms with Crippen LogP contribution in [0.3, 0.4) is 0 Å². The van der Waals surface area contributed by atoms with Crippen LogP contribution < -0.4 is 10.1 Å². The Morgan fingerprint density at radius 1 is 1.48 bits per heavy atom. The van der Waals surface area contributed by atoms with E-state index in [-0.39, 0.29) is 11.4 Å². The Kier molecular flexibility index (Phi) is 5.63. The van der Waals surface area contributed by atoms with Crippen LogP contribution >= 0.6 is 11.6 Å². The second-order valence-electron chi connectivity index (χ2n) is 5.48. The largest absolute Gasteiger partial charge is 0.496 e. The normalized spacial score (nSPS) is 11.9. The van der Waals surface area contributed by atoms with Crippen LogP contribution in [-0.2, 0) is 4.79 Å². The third-order valence-electron chi connectivity index (χ3n) is 3.88. The number of halogens is 1. The molecule has 2 aromatic rings. The molecule has 134 valence electrons. The summed E-state index contributed by atoms with van der Waals surface area (Å²) in [5, 5.41) is 18.7. The number of nitro benzene ring substituents is 1. The van der Waals surface area contributed by atoms with Crippen LogP contribution in [-0.4, -0.2) is 27.7 Å². The third-order valence-corrected chi connectivity index (χ3v) is 4.43. The minimum absolute atomic E-state index is 0.0990. The molecule has 1 atom stereocenters. The van der Waals surface area contributed by atoms with Gasteiger partial charge in [0.1, 0.15) is 17.5 Å². The molecule has 2 rings (SSSR count). The third kappa shape index (κ3) is 3.74. The van der Waals surface area contributed by atoms with E-state index in [4.69, 9.17) is 16.3 Å². The van der Waals surface area contributed by atoms with Crippen molar-refractivity contribution in [1.82, 2.24) is 9.78 Å². The minimum atomic E-state index is -0.632. The molecule has 1 amide bonds. The zero-order valence-corrected chi connectivity index (χ0v) is 15.1. The van der Waals surface area contributed by atoms with E-state index in [1.54, 1.807) is 24.6 Å². The van der Waals surface area contributed by atoms with Crippen LogP contribution in [0.5, 0.6) is 5.75 Å². The lowest BCUT2D eigenvalue weighted by Crippen LogP contribution is -2.27. The number of nitro groups is 1. The van der Waals surface area contributed by atoms with Crippen molar-refractivity contribution in [1.29, 1.82) is 0 Å². The summed E-state index contributed by atoms with van der Waals surface area (Å²) in [6.07, 6.45) is 0.452. The molecule has 0 bridgehead atoms. The van der Waals surface area contributed by atoms with E-state index in [1.807, 2.05) is 6.92 Å². The first-order chi connectivity index (χ1) is 11.8. The number of amides is 1. The smallest absolute Gasteiger partial charge is 0.296 e. The topological polar surface area (TPSA) is 99.3 Å². The zero-order valence-electron chi connectivity index (χ0n) is 14.4. The van der Waals surface area contributed by atoms with E-state index in [9.17, 15) is 14.9 Å². The van der Waals surface area contributed by atoms with Gasteiger partial charge < -0.3 is 10.1 Å². The Morgan fingerprint density at radius 2 is 2.16 bits per heavy atom. The van der Waals surface area contributed by atoms with E-state index in [1.165, 1.54) is 19.2 Å². The molecule has 25 heavy (non-hydrogen) atoms. The van der Waals surface area contributed by atoms with E-state index < -0.39 is 16.9 Å². The molecule has 0 saturated heterocycles. The molecule has 1 heterocycles. The summed E-state index contributed by atoms with van der Waals surface area (Å²) < 4.78 is 6.53. The van der Waals surface area contributed by atoms with Crippen LogP contribution in [0.25, 0.3) is 0 Å². The van der Waals surface area contributed by atoms with Crippen molar-refractivity contribution in [2.75, 3.05) is 12.4 Å². The van der Waals surface area contributed by atoms with Crippen LogP contribution in [0, 0.1) is 24.0 Å². The summed E-state index contributed by atoms with van der Waals surface area (Å²) in [4.78, 5) is 23.4. The molecule has 1 unspecified atom stereocenters. The molecule has 9 heteroatoms. The van der Waals surface area contributed by atoms with Gasteiger partial charge in [0.05, 0.1) is 34.5 Å². The van der Waals surface area contributed by atoms with Crippen molar-refractivity contribution in [3.63, 3.8) is 0 Å². The summed E-state index contributed by atoms with van der Waals surface area (Å²) in [6.45, 7) is 5.36. The molecule has 0 saturated carbocycles. The molecule has 0 aliphatic heterocycles. The molecule has 0 aliphatic carbocycles. The first kappa shape index (κ1) is 18.7. The summed E-state index contributed by atoms with van der Waals surface area (Å²) >= 11 is 6.15. The fraction of sp³-hybridized carbons (Fsp3) is 0.375. The number of nitrogens with one attached hydrogen (secondary N) is 1. The van der Waals surface area contributed by atoms with Gasteiger partial charge in [0, 0.05) is 0 Å². The van der Waals surface area contributed by atoms with Crippen molar-refractivity contribution in [2.24, 2.45) is 0 Å². The van der Waals surface area contributed by atoms with Gasteiger partial charge in [-0.2, -0.15) is 5.10 Å². The molecule has 1 aromatic carbocycles. The molecule has 1 aromatic heterocycles. The van der Waals surface area contributed by atoms with Gasteiger partial charge in [0.2, 0.25) is 5.91 Å². The van der Waals surface area contributed by atoms with Gasteiger partial charge in [0.15, 0.2) is 0 Å². The molecule has 0 spiro atoms. The van der Waals surface area contributed by atoms with Crippen LogP contribution in [0.2, 0.25) is 5.02 Å². The number of carbonyl (C=O) groups excluding carboxylic acids is 1. The van der Waals surface area contributed by atoms with E-state index in [0.717, 1.165) is 0 Å². The van der Waals surface area contributed by atoms with E-state index >= 15 is 0 Å². The molecule has 1 N–H and O–H groups in total. The minimum Gasteiger partial charge on any atom is -0.496 e. The summed E-state index contributed by atoms with van der Waals surface area (Å²) in [6, 6.07) is 3.61. The van der Waals surface area contributed by atoms with Crippen LogP contribution in [0.15, 0.2) is 18.2 Å². The second kappa shape index (κ2) is 7.52. The zero-order chi connectivity index (χ0) is 18.7. The van der Waals surface area contributed by atoms with Gasteiger partial charge in [-0.1, -0.05) is 18.5 Å². The number of carbonyl (C=O) groups is 1. The lowest BCUT2D eigenvalue weighted by Gasteiger charge is -2.17. The molecular formula is C16H19ClN4O4. The number of rotatable bonds is 6. The number of benzene rings is 1. The maximum absolute atomic E-state index is 12.7. The van der Waals surface area contributed by atoms with Crippen LogP contribution in [0.4, 0.5) is 11.4 Å². The highest BCUT2D eigenvalue weighted by Crippen LogP contribution is 2.30. The SMILES string of the molecule is CCC(C(=O)Nc1ccc(OC)cc1[N+](=O)[O-])n1nc(C)c(Cl)c1C. The number of aromatic nitrogens is 2. The van der Waals surface area contributed by atoms with Gasteiger partial charge in [-0.25, -0.2) is 0 Å². The highest BCUT2D eigenvalue weighted by atomic mass is 35.5. The summed E-state index contributed by atoms with van der Waals surface area (Å²) in [5.41, 5.74) is 1.15. The predicted molar refractivity (Wildman–Crippen MR) is 94.3 cm³/mol. The number of methoxy groups -OCH3 is 1. The number of nitrogens with zero attached hydrogens (tertiary/aromatic N) is 3. The first-order valence-electron chi connectivity index (χ1n) is 7.64. The lowest BCUT2D eigenvalue weighted by atomic mass is 10.2. The van der Waals surface area contributed by atoms with E-state index in [2.05, 4.69) is 10.4 Å². The lowest BCUT2D eigenvalue weighted by molar-refractivity contribution is -0.384. The standard InChI is InChI=1S/C16H19ClN4O4/c1-5-13(20-10(3)15(17)9(2)19-20)16(22)18-12-7-6-11(25-4)8-14(12)21(23)24/h6-8,13H,5H2,1-4H3,(H,18,22). The first-order valence-corrected chi connectivity index (χ1v) is 8.02. The molecule has 8 nitrogen and oxygen atoms in total. The van der Waals surface area contributed by atoms with Gasteiger partial charge >= 0.3 is 0 Å². The van der Waals surface area contributed by atoms with Crippen molar-refractivity contribution in [2.45, 2.75) is 33.2 Å². The molecule has 0 radical (unpaired) electrons. The highest BCUT2D eigenvalue weighted by molar-refractivity contribution is 6.31. The number of anilines is 1. The monoisotopic (exact) mass is 366 g/mol. The van der Waals surface area contributed by atoms with Crippen molar-refractivity contribution < 1.29 is 14.5 Å². The number of hydrogen-bond donors (Lipinski definition) is 1. The summed E-state index contributed by atoms with van der Waals surface area (Å²) in [5.74, 6) is -0.0694. The predicted octanol–water partition coefficient (Wildman–Crippen LogP) is 3.66. The van der Waals surface area contributed by atoms with Gasteiger partial charge in [-0.15, -0.1) is 0 Å². The Bertz CT molecular complexity index is 819. The van der Waals surface area contributed by atoms with Crippen molar-refractivity contribution >= 4 is 28.9 Å². The average molecular weight is 367 g/mol. The molecule has 0 aliphatic rings. The number of ether oxygens (including phenoxy) is 1. The van der Waals surface area contributed by atoms with Gasteiger partial charge in [-0.05, 0) is 32.4 Å². The maximum atomic E-state index is 12.7. The van der Waals surface area contributed by atoms with Gasteiger partial charge in [0.25, 0.3) is 5.69 Å². The average Bonchev–Trinajstić information content (AvgIpc) is 2.83. The fourth-order valence-corrected chi connectivity index (χ4v) is 2.65. The maximum Gasteiger partial charge on any atom is 0.296 e. The van der Waals surface area contributed by atoms with E-state index in [0.29, 0.717) is 28.6 Å². The van der Waals surface area contributed by atoms with Crippen molar-refractivity contribution in [3.05, 3.63) is 44.7 Å². The Morgan fingerprint density at radius 3 is 2.64 bits per heavy atom. The van der Waals surface area contributed by atoms with Crippen molar-refractivity contribution in [3.8, 4) is 5.75 Å². The fourth-order valence-electron chi connectivity index (χ4n) is 2.53. The second-order valence-corrected chi connectivity index (χ2v) is 5.86. The van der Waals surface area contributed by atoms with Gasteiger partial charge in [-0.3, -0.25) is 19.6 Å². The molecular weight excluding hydrogens is 348 g/mol. The molecule has 0 fully saturated rings. The number of hydrogen-bond acceptors (Lipinski definition) is 5. The van der Waals surface area contributed by atoms with Crippen LogP contribution in [0.1, 0.15) is 30.8 Å². The quantitative estimate of drug-likeness (QED) is 0.621. The Hall–Kier alpha value is -2.61. The number of aryl methyl sites for hydroxylation is 1. The summed E-state index contributed by atoms with van der Waals surface area (Å²) in [7, 11) is 1.41. The Labute approximate surface area is 149 Å².